The summed E-state index contributed by atoms with van der Waals surface area (Å²) in [5.74, 6) is -0.569. The van der Waals surface area contributed by atoms with Gasteiger partial charge in [-0.15, -0.1) is 0 Å². The van der Waals surface area contributed by atoms with Crippen molar-refractivity contribution in [1.29, 1.82) is 0 Å². The van der Waals surface area contributed by atoms with E-state index in [4.69, 9.17) is 32.7 Å². The van der Waals surface area contributed by atoms with Crippen LogP contribution in [0.1, 0.15) is 26.5 Å². The van der Waals surface area contributed by atoms with Crippen molar-refractivity contribution in [2.75, 3.05) is 19.5 Å². The summed E-state index contributed by atoms with van der Waals surface area (Å²) in [5.41, 5.74) is 1.59. The summed E-state index contributed by atoms with van der Waals surface area (Å²) >= 11 is 13.2. The van der Waals surface area contributed by atoms with Crippen LogP contribution in [-0.4, -0.2) is 36.1 Å². The van der Waals surface area contributed by atoms with E-state index >= 15 is 0 Å². The summed E-state index contributed by atoms with van der Waals surface area (Å²) in [6.45, 7) is 1.71. The molecule has 10 heteroatoms. The van der Waals surface area contributed by atoms with Crippen LogP contribution >= 0.6 is 34.5 Å². The van der Waals surface area contributed by atoms with Gasteiger partial charge in [-0.3, -0.25) is 10.1 Å². The van der Waals surface area contributed by atoms with Crippen LogP contribution in [0.3, 0.4) is 0 Å². The third kappa shape index (κ3) is 3.23. The molecule has 0 unspecified atom stereocenters. The molecule has 136 valence electrons. The van der Waals surface area contributed by atoms with Crippen LogP contribution in [0.5, 0.6) is 5.75 Å². The largest absolute Gasteiger partial charge is 0.494 e. The number of carbonyl (C=O) groups excluding carboxylic acids is 2. The zero-order valence-electron chi connectivity index (χ0n) is 13.9. The minimum absolute atomic E-state index is 0.147. The Balaban J connectivity index is 1.97. The average molecular weight is 414 g/mol. The highest BCUT2D eigenvalue weighted by Crippen LogP contribution is 2.35. The molecule has 1 aromatic carbocycles. The van der Waals surface area contributed by atoms with E-state index in [9.17, 15) is 9.59 Å². The number of aromatic amines is 1. The molecule has 2 heterocycles. The van der Waals surface area contributed by atoms with E-state index in [0.29, 0.717) is 37.4 Å². The highest BCUT2D eigenvalue weighted by molar-refractivity contribution is 7.22. The predicted molar refractivity (Wildman–Crippen MR) is 101 cm³/mol. The number of carbonyl (C=O) groups is 2. The summed E-state index contributed by atoms with van der Waals surface area (Å²) in [6.07, 6.45) is 0. The number of methoxy groups -OCH3 is 2. The minimum atomic E-state index is -0.493. The number of aromatic nitrogens is 2. The van der Waals surface area contributed by atoms with Gasteiger partial charge in [0.15, 0.2) is 5.13 Å². The van der Waals surface area contributed by atoms with E-state index in [2.05, 4.69) is 15.3 Å². The first-order valence-electron chi connectivity index (χ1n) is 7.27. The van der Waals surface area contributed by atoms with Gasteiger partial charge in [0.1, 0.15) is 17.0 Å². The molecule has 0 saturated carbocycles. The number of rotatable bonds is 4. The van der Waals surface area contributed by atoms with E-state index < -0.39 is 11.9 Å². The minimum Gasteiger partial charge on any atom is -0.494 e. The highest BCUT2D eigenvalue weighted by atomic mass is 35.5. The number of halogens is 2. The second-order valence-corrected chi connectivity index (χ2v) is 7.03. The SMILES string of the molecule is COC(=O)c1cc(OC)c2nc(NC(=O)c3[nH]c(C)c(Cl)c3Cl)sc2c1. The predicted octanol–water partition coefficient (Wildman–Crippen LogP) is 4.29. The molecule has 0 aliphatic heterocycles. The summed E-state index contributed by atoms with van der Waals surface area (Å²) in [5, 5.41) is 3.43. The fourth-order valence-electron chi connectivity index (χ4n) is 2.33. The molecule has 0 fully saturated rings. The molecule has 3 rings (SSSR count). The Bertz CT molecular complexity index is 1030. The number of nitrogens with zero attached hydrogens (tertiary/aromatic N) is 1. The summed E-state index contributed by atoms with van der Waals surface area (Å²) in [6, 6.07) is 3.16. The van der Waals surface area contributed by atoms with Crippen LogP contribution in [0.25, 0.3) is 10.2 Å². The smallest absolute Gasteiger partial charge is 0.338 e. The molecule has 0 radical (unpaired) electrons. The van der Waals surface area contributed by atoms with E-state index in [0.717, 1.165) is 0 Å². The second-order valence-electron chi connectivity index (χ2n) is 5.24. The Labute approximate surface area is 162 Å². The lowest BCUT2D eigenvalue weighted by Gasteiger charge is -2.03. The van der Waals surface area contributed by atoms with Crippen LogP contribution in [0.4, 0.5) is 5.13 Å². The molecule has 0 saturated heterocycles. The quantitative estimate of drug-likeness (QED) is 0.622. The third-order valence-electron chi connectivity index (χ3n) is 3.60. The first kappa shape index (κ1) is 18.5. The number of thiazole rings is 1. The highest BCUT2D eigenvalue weighted by Gasteiger charge is 2.20. The van der Waals surface area contributed by atoms with Crippen molar-refractivity contribution < 1.29 is 19.1 Å². The van der Waals surface area contributed by atoms with Crippen LogP contribution < -0.4 is 10.1 Å². The number of aryl methyl sites for hydroxylation is 1. The number of ether oxygens (including phenoxy) is 2. The zero-order chi connectivity index (χ0) is 19.0. The van der Waals surface area contributed by atoms with Gasteiger partial charge in [0.25, 0.3) is 5.91 Å². The van der Waals surface area contributed by atoms with Crippen molar-refractivity contribution in [2.24, 2.45) is 0 Å². The van der Waals surface area contributed by atoms with Crippen LogP contribution in [0.2, 0.25) is 10.0 Å². The van der Waals surface area contributed by atoms with Gasteiger partial charge in [0, 0.05) is 5.69 Å². The number of anilines is 1. The fraction of sp³-hybridized carbons (Fsp3) is 0.188. The molecule has 26 heavy (non-hydrogen) atoms. The van der Waals surface area contributed by atoms with Crippen molar-refractivity contribution in [1.82, 2.24) is 9.97 Å². The van der Waals surface area contributed by atoms with Crippen molar-refractivity contribution in [3.8, 4) is 5.75 Å². The number of nitrogens with one attached hydrogen (secondary N) is 2. The maximum absolute atomic E-state index is 12.4. The van der Waals surface area contributed by atoms with Crippen LogP contribution in [-0.2, 0) is 4.74 Å². The Morgan fingerprint density at radius 3 is 2.54 bits per heavy atom. The fourth-order valence-corrected chi connectivity index (χ4v) is 3.67. The molecule has 3 aromatic rings. The number of benzene rings is 1. The summed E-state index contributed by atoms with van der Waals surface area (Å²) in [7, 11) is 2.77. The van der Waals surface area contributed by atoms with Crippen LogP contribution in [0.15, 0.2) is 12.1 Å². The Hall–Kier alpha value is -2.29. The lowest BCUT2D eigenvalue weighted by molar-refractivity contribution is 0.0600. The zero-order valence-corrected chi connectivity index (χ0v) is 16.2. The lowest BCUT2D eigenvalue weighted by atomic mass is 10.2. The molecule has 2 N–H and O–H groups in total. The van der Waals surface area contributed by atoms with Gasteiger partial charge >= 0.3 is 5.97 Å². The Morgan fingerprint density at radius 1 is 1.23 bits per heavy atom. The maximum Gasteiger partial charge on any atom is 0.338 e. The number of H-pyrrole nitrogens is 1. The van der Waals surface area contributed by atoms with Gasteiger partial charge in [-0.25, -0.2) is 9.78 Å². The van der Waals surface area contributed by atoms with Gasteiger partial charge in [-0.1, -0.05) is 34.5 Å². The summed E-state index contributed by atoms with van der Waals surface area (Å²) in [4.78, 5) is 31.4. The van der Waals surface area contributed by atoms with Crippen molar-refractivity contribution in [3.63, 3.8) is 0 Å². The van der Waals surface area contributed by atoms with E-state index in [1.807, 2.05) is 0 Å². The Kier molecular flexibility index (Phi) is 5.08. The van der Waals surface area contributed by atoms with Gasteiger partial charge in [-0.05, 0) is 19.1 Å². The van der Waals surface area contributed by atoms with Gasteiger partial charge in [-0.2, -0.15) is 0 Å². The Morgan fingerprint density at radius 2 is 1.96 bits per heavy atom. The van der Waals surface area contributed by atoms with Crippen LogP contribution in [0, 0.1) is 6.92 Å². The van der Waals surface area contributed by atoms with E-state index in [1.54, 1.807) is 13.0 Å². The first-order chi connectivity index (χ1) is 12.3. The number of fused-ring (bicyclic) bond motifs is 1. The van der Waals surface area contributed by atoms with Crippen molar-refractivity contribution in [2.45, 2.75) is 6.92 Å². The molecule has 1 amide bonds. The lowest BCUT2D eigenvalue weighted by Crippen LogP contribution is -2.12. The molecule has 2 aromatic heterocycles. The standard InChI is InChI=1S/C16H13Cl2N3O4S/c1-6-10(17)11(18)13(19-6)14(22)21-16-20-12-8(24-2)4-7(15(23)25-3)5-9(12)26-16/h4-5,19H,1-3H3,(H,20,21,22). The number of esters is 1. The molecular formula is C16H13Cl2N3O4S. The summed E-state index contributed by atoms with van der Waals surface area (Å²) < 4.78 is 10.7. The van der Waals surface area contributed by atoms with Crippen molar-refractivity contribution >= 4 is 61.8 Å². The van der Waals surface area contributed by atoms with E-state index in [1.165, 1.54) is 31.6 Å². The van der Waals surface area contributed by atoms with Gasteiger partial charge in [0.05, 0.1) is 34.5 Å². The van der Waals surface area contributed by atoms with Crippen molar-refractivity contribution in [3.05, 3.63) is 39.1 Å². The monoisotopic (exact) mass is 413 g/mol. The van der Waals surface area contributed by atoms with Gasteiger partial charge < -0.3 is 14.5 Å². The third-order valence-corrected chi connectivity index (χ3v) is 5.47. The number of amides is 1. The van der Waals surface area contributed by atoms with Gasteiger partial charge in [0.2, 0.25) is 0 Å². The second kappa shape index (κ2) is 7.14. The molecule has 0 bridgehead atoms. The molecule has 0 aliphatic rings. The van der Waals surface area contributed by atoms with E-state index in [-0.39, 0.29) is 10.7 Å². The molecule has 0 aliphatic carbocycles. The number of hydrogen-bond donors (Lipinski definition) is 2. The molecule has 0 atom stereocenters. The average Bonchev–Trinajstić information content (AvgIpc) is 3.15. The normalized spacial score (nSPS) is 10.8. The number of hydrogen-bond acceptors (Lipinski definition) is 6. The molecular weight excluding hydrogens is 401 g/mol. The maximum atomic E-state index is 12.4. The topological polar surface area (TPSA) is 93.3 Å². The first-order valence-corrected chi connectivity index (χ1v) is 8.84. The molecule has 0 spiro atoms. The molecule has 7 nitrogen and oxygen atoms in total.